The third-order valence-electron chi connectivity index (χ3n) is 3.48. The molecule has 2 rings (SSSR count). The number of hydrogen-bond acceptors (Lipinski definition) is 4. The average Bonchev–Trinajstić information content (AvgIpc) is 2.79. The molecule has 0 bridgehead atoms. The van der Waals surface area contributed by atoms with Crippen LogP contribution in [-0.4, -0.2) is 45.5 Å². The Hall–Kier alpha value is -0.550. The molecule has 0 aromatic rings. The lowest BCUT2D eigenvalue weighted by Gasteiger charge is -2.16. The van der Waals surface area contributed by atoms with Crippen LogP contribution in [0.15, 0.2) is 0 Å². The van der Waals surface area contributed by atoms with Crippen molar-refractivity contribution in [3.8, 4) is 0 Å². The SMILES string of the molecule is CCCCCCN1C(=O)[C@@H]2[C@H](O)CS[C@@H]2C1=O. The zero-order chi connectivity index (χ0) is 12.4. The molecule has 96 valence electrons. The molecule has 0 aromatic carbocycles. The van der Waals surface area contributed by atoms with Gasteiger partial charge in [0.15, 0.2) is 0 Å². The fourth-order valence-corrected chi connectivity index (χ4v) is 3.88. The normalized spacial score (nSPS) is 32.4. The first-order valence-electron chi connectivity index (χ1n) is 6.31. The highest BCUT2D eigenvalue weighted by molar-refractivity contribution is 8.01. The Morgan fingerprint density at radius 1 is 1.29 bits per heavy atom. The summed E-state index contributed by atoms with van der Waals surface area (Å²) in [6, 6.07) is 0. The maximum atomic E-state index is 12.0. The number of likely N-dealkylation sites (tertiary alicyclic amines) is 1. The summed E-state index contributed by atoms with van der Waals surface area (Å²) < 4.78 is 0. The number of carbonyl (C=O) groups is 2. The maximum absolute atomic E-state index is 12.0. The summed E-state index contributed by atoms with van der Waals surface area (Å²) in [5.74, 6) is -0.207. The predicted octanol–water partition coefficient (Wildman–Crippen LogP) is 1.03. The van der Waals surface area contributed by atoms with Crippen molar-refractivity contribution in [2.75, 3.05) is 12.3 Å². The lowest BCUT2D eigenvalue weighted by Crippen LogP contribution is -2.35. The van der Waals surface area contributed by atoms with Gasteiger partial charge in [0, 0.05) is 12.3 Å². The Labute approximate surface area is 106 Å². The van der Waals surface area contributed by atoms with Crippen molar-refractivity contribution in [3.63, 3.8) is 0 Å². The van der Waals surface area contributed by atoms with Gasteiger partial charge in [0.05, 0.1) is 17.3 Å². The highest BCUT2D eigenvalue weighted by Crippen LogP contribution is 2.39. The first kappa shape index (κ1) is 12.9. The van der Waals surface area contributed by atoms with Crippen LogP contribution in [0.2, 0.25) is 0 Å². The second kappa shape index (κ2) is 5.40. The van der Waals surface area contributed by atoms with Crippen molar-refractivity contribution in [1.82, 2.24) is 4.90 Å². The zero-order valence-corrected chi connectivity index (χ0v) is 10.9. The molecule has 2 fully saturated rings. The van der Waals surface area contributed by atoms with E-state index in [9.17, 15) is 14.7 Å². The van der Waals surface area contributed by atoms with Gasteiger partial charge in [0.25, 0.3) is 0 Å². The van der Waals surface area contributed by atoms with Crippen molar-refractivity contribution in [2.24, 2.45) is 5.92 Å². The van der Waals surface area contributed by atoms with Gasteiger partial charge >= 0.3 is 0 Å². The molecule has 0 radical (unpaired) electrons. The number of aliphatic hydroxyl groups is 1. The number of amides is 2. The fourth-order valence-electron chi connectivity index (χ4n) is 2.49. The van der Waals surface area contributed by atoms with Gasteiger partial charge in [-0.05, 0) is 6.42 Å². The standard InChI is InChI=1S/C12H19NO3S/c1-2-3-4-5-6-13-11(15)9-8(14)7-17-10(9)12(13)16/h8-10,14H,2-7H2,1H3/t8-,9-,10+/m1/s1. The minimum absolute atomic E-state index is 0.0851. The Morgan fingerprint density at radius 2 is 2.06 bits per heavy atom. The van der Waals surface area contributed by atoms with E-state index in [0.717, 1.165) is 25.7 Å². The summed E-state index contributed by atoms with van der Waals surface area (Å²) in [6.45, 7) is 2.65. The van der Waals surface area contributed by atoms with Gasteiger partial charge in [0.1, 0.15) is 0 Å². The maximum Gasteiger partial charge on any atom is 0.243 e. The number of hydrogen-bond donors (Lipinski definition) is 1. The summed E-state index contributed by atoms with van der Waals surface area (Å²) >= 11 is 1.42. The lowest BCUT2D eigenvalue weighted by molar-refractivity contribution is -0.140. The molecular formula is C12H19NO3S. The highest BCUT2D eigenvalue weighted by Gasteiger charge is 2.54. The van der Waals surface area contributed by atoms with Crippen molar-refractivity contribution in [3.05, 3.63) is 0 Å². The molecule has 4 nitrogen and oxygen atoms in total. The second-order valence-corrected chi connectivity index (χ2v) is 5.91. The molecule has 2 heterocycles. The number of unbranched alkanes of at least 4 members (excludes halogenated alkanes) is 3. The molecule has 0 spiro atoms. The van der Waals surface area contributed by atoms with Crippen LogP contribution in [0.4, 0.5) is 0 Å². The van der Waals surface area contributed by atoms with E-state index >= 15 is 0 Å². The number of aliphatic hydroxyl groups excluding tert-OH is 1. The van der Waals surface area contributed by atoms with Gasteiger partial charge in [-0.1, -0.05) is 26.2 Å². The number of carbonyl (C=O) groups excluding carboxylic acids is 2. The van der Waals surface area contributed by atoms with E-state index in [-0.39, 0.29) is 17.1 Å². The Morgan fingerprint density at radius 3 is 2.71 bits per heavy atom. The average molecular weight is 257 g/mol. The summed E-state index contributed by atoms with van der Waals surface area (Å²) in [5, 5.41) is 9.38. The van der Waals surface area contributed by atoms with Crippen molar-refractivity contribution < 1.29 is 14.7 Å². The van der Waals surface area contributed by atoms with Crippen LogP contribution in [0.5, 0.6) is 0 Å². The van der Waals surface area contributed by atoms with Crippen LogP contribution in [-0.2, 0) is 9.59 Å². The highest BCUT2D eigenvalue weighted by atomic mass is 32.2. The van der Waals surface area contributed by atoms with Gasteiger partial charge in [-0.2, -0.15) is 0 Å². The van der Waals surface area contributed by atoms with Crippen molar-refractivity contribution in [1.29, 1.82) is 0 Å². The van der Waals surface area contributed by atoms with Gasteiger partial charge in [-0.15, -0.1) is 11.8 Å². The van der Waals surface area contributed by atoms with Crippen LogP contribution in [0.25, 0.3) is 0 Å². The molecule has 0 aromatic heterocycles. The van der Waals surface area contributed by atoms with E-state index in [4.69, 9.17) is 0 Å². The first-order valence-corrected chi connectivity index (χ1v) is 7.36. The molecule has 2 saturated heterocycles. The molecular weight excluding hydrogens is 238 g/mol. The van der Waals surface area contributed by atoms with Crippen LogP contribution in [0.3, 0.4) is 0 Å². The molecule has 2 aliphatic rings. The first-order chi connectivity index (χ1) is 8.16. The lowest BCUT2D eigenvalue weighted by atomic mass is 10.0. The fraction of sp³-hybridized carbons (Fsp3) is 0.833. The summed E-state index contributed by atoms with van der Waals surface area (Å²) in [5.41, 5.74) is 0. The van der Waals surface area contributed by atoms with Gasteiger partial charge in [-0.3, -0.25) is 14.5 Å². The Balaban J connectivity index is 1.91. The number of thioether (sulfide) groups is 1. The molecule has 3 atom stereocenters. The number of rotatable bonds is 5. The summed E-state index contributed by atoms with van der Waals surface area (Å²) in [6.07, 6.45) is 3.58. The van der Waals surface area contributed by atoms with Crippen molar-refractivity contribution in [2.45, 2.75) is 44.0 Å². The van der Waals surface area contributed by atoms with E-state index in [1.54, 1.807) is 0 Å². The monoisotopic (exact) mass is 257 g/mol. The smallest absolute Gasteiger partial charge is 0.243 e. The predicted molar refractivity (Wildman–Crippen MR) is 66.6 cm³/mol. The van der Waals surface area contributed by atoms with Gasteiger partial charge in [-0.25, -0.2) is 0 Å². The molecule has 0 unspecified atom stereocenters. The third-order valence-corrected chi connectivity index (χ3v) is 4.87. The number of imide groups is 1. The molecule has 0 aliphatic carbocycles. The van der Waals surface area contributed by atoms with Crippen LogP contribution in [0, 0.1) is 5.92 Å². The third kappa shape index (κ3) is 2.36. The summed E-state index contributed by atoms with van der Waals surface area (Å²) in [4.78, 5) is 25.3. The summed E-state index contributed by atoms with van der Waals surface area (Å²) in [7, 11) is 0. The van der Waals surface area contributed by atoms with Gasteiger partial charge < -0.3 is 5.11 Å². The van der Waals surface area contributed by atoms with Crippen LogP contribution in [0.1, 0.15) is 32.6 Å². The molecule has 5 heteroatoms. The molecule has 1 N–H and O–H groups in total. The Bertz CT molecular complexity index is 321. The van der Waals surface area contributed by atoms with Crippen LogP contribution >= 0.6 is 11.8 Å². The number of nitrogens with zero attached hydrogens (tertiary/aromatic N) is 1. The van der Waals surface area contributed by atoms with E-state index in [0.29, 0.717) is 12.3 Å². The second-order valence-electron chi connectivity index (χ2n) is 4.74. The largest absolute Gasteiger partial charge is 0.391 e. The van der Waals surface area contributed by atoms with Crippen molar-refractivity contribution >= 4 is 23.6 Å². The minimum Gasteiger partial charge on any atom is -0.391 e. The van der Waals surface area contributed by atoms with Gasteiger partial charge in [0.2, 0.25) is 11.8 Å². The molecule has 2 amide bonds. The number of fused-ring (bicyclic) bond motifs is 1. The molecule has 17 heavy (non-hydrogen) atoms. The Kier molecular flexibility index (Phi) is 4.09. The topological polar surface area (TPSA) is 57.6 Å². The van der Waals surface area contributed by atoms with E-state index in [2.05, 4.69) is 6.92 Å². The molecule has 2 aliphatic heterocycles. The van der Waals surface area contributed by atoms with E-state index in [1.165, 1.54) is 16.7 Å². The van der Waals surface area contributed by atoms with Crippen LogP contribution < -0.4 is 0 Å². The zero-order valence-electron chi connectivity index (χ0n) is 10.1. The molecule has 0 saturated carbocycles. The van der Waals surface area contributed by atoms with E-state index in [1.807, 2.05) is 0 Å². The minimum atomic E-state index is -0.637. The quantitative estimate of drug-likeness (QED) is 0.590. The van der Waals surface area contributed by atoms with E-state index < -0.39 is 12.0 Å².